The fourth-order valence-electron chi connectivity index (χ4n) is 4.89. The quantitative estimate of drug-likeness (QED) is 0.174. The largest absolute Gasteiger partial charge is 0.460 e. The van der Waals surface area contributed by atoms with Crippen molar-refractivity contribution in [2.75, 3.05) is 27.5 Å². The minimum atomic E-state index is -1.41. The number of hydrogen-bond donors (Lipinski definition) is 4. The molecule has 0 saturated carbocycles. The van der Waals surface area contributed by atoms with Crippen LogP contribution in [0, 0.1) is 0 Å². The highest BCUT2D eigenvalue weighted by atomic mass is 16.7. The van der Waals surface area contributed by atoms with E-state index in [2.05, 4.69) is 10.6 Å². The van der Waals surface area contributed by atoms with Crippen molar-refractivity contribution in [2.24, 2.45) is 0 Å². The third-order valence-electron chi connectivity index (χ3n) is 7.31. The van der Waals surface area contributed by atoms with E-state index in [4.69, 9.17) is 18.9 Å². The summed E-state index contributed by atoms with van der Waals surface area (Å²) in [4.78, 5) is 65.3. The molecule has 1 fully saturated rings. The first-order valence-corrected chi connectivity index (χ1v) is 15.3. The fourth-order valence-corrected chi connectivity index (χ4v) is 4.89. The average molecular weight is 660 g/mol. The predicted molar refractivity (Wildman–Crippen MR) is 168 cm³/mol. The number of fused-ring (bicyclic) bond motifs is 1. The molecule has 1 saturated heterocycles. The molecule has 0 aromatic heterocycles. The Morgan fingerprint density at radius 2 is 1.81 bits per heavy atom. The second kappa shape index (κ2) is 16.6. The van der Waals surface area contributed by atoms with Gasteiger partial charge in [0.2, 0.25) is 17.7 Å². The average Bonchev–Trinajstić information content (AvgIpc) is 3.48. The summed E-state index contributed by atoms with van der Waals surface area (Å²) in [6.45, 7) is 5.91. The monoisotopic (exact) mass is 659 g/mol. The van der Waals surface area contributed by atoms with Gasteiger partial charge in [-0.3, -0.25) is 19.2 Å². The molecule has 14 nitrogen and oxygen atoms in total. The Morgan fingerprint density at radius 1 is 1.11 bits per heavy atom. The topological polar surface area (TPSA) is 190 Å². The highest BCUT2D eigenvalue weighted by molar-refractivity contribution is 5.98. The van der Waals surface area contributed by atoms with Crippen LogP contribution in [0.1, 0.15) is 62.9 Å². The lowest BCUT2D eigenvalue weighted by Gasteiger charge is -2.31. The molecule has 1 aliphatic heterocycles. The molecule has 3 rings (SSSR count). The molecule has 258 valence electrons. The number of hydrogen-bond acceptors (Lipinski definition) is 11. The summed E-state index contributed by atoms with van der Waals surface area (Å²) in [7, 11) is 3.21. The molecule has 6 atom stereocenters. The number of aliphatic hydroxyl groups excluding tert-OH is 2. The van der Waals surface area contributed by atoms with Crippen molar-refractivity contribution in [1.29, 1.82) is 0 Å². The summed E-state index contributed by atoms with van der Waals surface area (Å²) >= 11 is 0. The maximum Gasteiger partial charge on any atom is 0.339 e. The van der Waals surface area contributed by atoms with Crippen LogP contribution in [0.3, 0.4) is 0 Å². The Labute approximate surface area is 274 Å². The first kappa shape index (κ1) is 37.3. The van der Waals surface area contributed by atoms with Gasteiger partial charge in [-0.15, -0.1) is 0 Å². The van der Waals surface area contributed by atoms with E-state index in [1.165, 1.54) is 30.1 Å². The molecule has 0 radical (unpaired) electrons. The normalized spacial score (nSPS) is 21.1. The van der Waals surface area contributed by atoms with Crippen molar-refractivity contribution in [3.8, 4) is 0 Å². The summed E-state index contributed by atoms with van der Waals surface area (Å²) in [6.07, 6.45) is 0.605. The minimum absolute atomic E-state index is 0.0684. The number of nitrogens with one attached hydrogen (secondary N) is 2. The van der Waals surface area contributed by atoms with Gasteiger partial charge in [-0.25, -0.2) is 4.79 Å². The van der Waals surface area contributed by atoms with Gasteiger partial charge in [0.1, 0.15) is 36.7 Å². The van der Waals surface area contributed by atoms with E-state index in [1.54, 1.807) is 59.1 Å². The molecule has 4 N–H and O–H groups in total. The molecule has 0 bridgehead atoms. The van der Waals surface area contributed by atoms with Crippen molar-refractivity contribution in [2.45, 2.75) is 89.1 Å². The second-order valence-corrected chi connectivity index (χ2v) is 12.6. The van der Waals surface area contributed by atoms with Crippen LogP contribution in [0.15, 0.2) is 42.0 Å². The van der Waals surface area contributed by atoms with Crippen LogP contribution in [0.25, 0.3) is 6.08 Å². The van der Waals surface area contributed by atoms with Crippen LogP contribution in [0.4, 0.5) is 0 Å². The predicted octanol–water partition coefficient (Wildman–Crippen LogP) is 0.850. The molecule has 1 heterocycles. The first-order valence-electron chi connectivity index (χ1n) is 15.3. The van der Waals surface area contributed by atoms with Gasteiger partial charge in [0.25, 0.3) is 0 Å². The summed E-state index contributed by atoms with van der Waals surface area (Å²) in [5.41, 5.74) is 0.103. The minimum Gasteiger partial charge on any atom is -0.460 e. The number of carbonyl (C=O) groups excluding carboxylic acids is 5. The van der Waals surface area contributed by atoms with E-state index in [9.17, 15) is 34.2 Å². The van der Waals surface area contributed by atoms with Crippen molar-refractivity contribution in [3.05, 3.63) is 53.1 Å². The van der Waals surface area contributed by atoms with E-state index in [0.29, 0.717) is 5.56 Å². The number of benzene rings is 1. The van der Waals surface area contributed by atoms with E-state index in [1.807, 2.05) is 0 Å². The van der Waals surface area contributed by atoms with Gasteiger partial charge >= 0.3 is 11.9 Å². The molecule has 1 aromatic carbocycles. The van der Waals surface area contributed by atoms with Gasteiger partial charge in [0.05, 0.1) is 24.3 Å². The van der Waals surface area contributed by atoms with Crippen LogP contribution < -0.4 is 10.6 Å². The van der Waals surface area contributed by atoms with Crippen LogP contribution in [-0.2, 0) is 38.1 Å². The van der Waals surface area contributed by atoms with Gasteiger partial charge in [-0.1, -0.05) is 18.2 Å². The number of aliphatic hydroxyl groups is 2. The van der Waals surface area contributed by atoms with E-state index in [-0.39, 0.29) is 43.1 Å². The zero-order chi connectivity index (χ0) is 34.9. The highest BCUT2D eigenvalue weighted by Crippen LogP contribution is 2.31. The molecule has 14 heteroatoms. The summed E-state index contributed by atoms with van der Waals surface area (Å²) in [5, 5.41) is 25.2. The third kappa shape index (κ3) is 11.0. The fraction of sp³-hybridized carbons (Fsp3) is 0.545. The number of nitrogens with zero attached hydrogens (tertiary/aromatic N) is 1. The van der Waals surface area contributed by atoms with Gasteiger partial charge in [0.15, 0.2) is 0 Å². The number of ether oxygens (including phenoxy) is 4. The zero-order valence-corrected chi connectivity index (χ0v) is 27.6. The zero-order valence-electron chi connectivity index (χ0n) is 27.6. The summed E-state index contributed by atoms with van der Waals surface area (Å²) < 4.78 is 22.3. The first-order chi connectivity index (χ1) is 22.1. The third-order valence-corrected chi connectivity index (χ3v) is 7.31. The van der Waals surface area contributed by atoms with Gasteiger partial charge in [0, 0.05) is 38.6 Å². The second-order valence-electron chi connectivity index (χ2n) is 12.6. The van der Waals surface area contributed by atoms with Gasteiger partial charge in [-0.2, -0.15) is 0 Å². The van der Waals surface area contributed by atoms with Gasteiger partial charge < -0.3 is 44.7 Å². The van der Waals surface area contributed by atoms with Crippen molar-refractivity contribution >= 4 is 35.7 Å². The van der Waals surface area contributed by atoms with Crippen LogP contribution in [-0.4, -0.2) is 114 Å². The Kier molecular flexibility index (Phi) is 13.2. The van der Waals surface area contributed by atoms with Crippen molar-refractivity contribution < 1.29 is 53.1 Å². The number of likely N-dealkylation sites (N-methyl/N-ethyl adjacent to an activating group) is 1. The lowest BCUT2D eigenvalue weighted by Crippen LogP contribution is -2.55. The van der Waals surface area contributed by atoms with E-state index < -0.39 is 72.5 Å². The standard InChI is InChI=1S/C33H45N3O11/c1-19(38)28(31(42)34-22(17-37)12-14-27(40)47-33(2,3)4)35-30(41)21-15-24-29(45-18-44-24)25(16-21)46-32(43)23-10-8-7-9-20(23)11-13-26(39)36(5)6/h7-11,13,15,19,22,24-25,28-29,37-38H,12,14,16-18H2,1-6H3,(H,34,42)(H,35,41)/t19-,22-,24+,25+,28+,29+/m0/s1. The Bertz CT molecular complexity index is 1370. The van der Waals surface area contributed by atoms with Crippen molar-refractivity contribution in [1.82, 2.24) is 15.5 Å². The number of esters is 2. The number of rotatable bonds is 13. The van der Waals surface area contributed by atoms with Crippen LogP contribution in [0.5, 0.6) is 0 Å². The van der Waals surface area contributed by atoms with E-state index >= 15 is 0 Å². The lowest BCUT2D eigenvalue weighted by molar-refractivity contribution is -0.155. The number of amides is 3. The van der Waals surface area contributed by atoms with Crippen molar-refractivity contribution in [3.63, 3.8) is 0 Å². The Morgan fingerprint density at radius 3 is 2.45 bits per heavy atom. The summed E-state index contributed by atoms with van der Waals surface area (Å²) in [6, 6.07) is 4.33. The summed E-state index contributed by atoms with van der Waals surface area (Å²) in [5.74, 6) is -2.95. The maximum absolute atomic E-state index is 13.4. The Balaban J connectivity index is 1.69. The SMILES string of the molecule is C[C@H](O)[C@@H](NC(=O)C1=C[C@H]2OCO[C@H]2[C@H](OC(=O)c2ccccc2C=CC(=O)N(C)C)C1)C(=O)N[C@H](CO)CCC(=O)OC(C)(C)C. The highest BCUT2D eigenvalue weighted by Gasteiger charge is 2.43. The molecule has 3 amide bonds. The smallest absolute Gasteiger partial charge is 0.339 e. The molecule has 0 unspecified atom stereocenters. The molecule has 47 heavy (non-hydrogen) atoms. The van der Waals surface area contributed by atoms with Crippen LogP contribution in [0.2, 0.25) is 0 Å². The Hall–Kier alpha value is -4.11. The molecule has 2 aliphatic rings. The maximum atomic E-state index is 13.4. The molecular weight excluding hydrogens is 614 g/mol. The molecular formula is C33H45N3O11. The lowest BCUT2D eigenvalue weighted by atomic mass is 9.91. The van der Waals surface area contributed by atoms with Crippen LogP contribution >= 0.6 is 0 Å². The number of carbonyl (C=O) groups is 5. The van der Waals surface area contributed by atoms with E-state index in [0.717, 1.165) is 0 Å². The van der Waals surface area contributed by atoms with Gasteiger partial charge in [-0.05, 0) is 57.9 Å². The molecule has 1 aliphatic carbocycles. The molecule has 1 aromatic rings. The molecule has 0 spiro atoms.